The average Bonchev–Trinajstić information content (AvgIpc) is 2.32. The molecule has 0 fully saturated rings. The van der Waals surface area contributed by atoms with E-state index in [1.165, 1.54) is 6.07 Å². The maximum Gasteiger partial charge on any atom is 0.416 e. The SMILES string of the molecule is Cc1cc(-c2cccc(C(F)(F)F)c2)ncc1Br. The summed E-state index contributed by atoms with van der Waals surface area (Å²) in [5.74, 6) is 0. The molecule has 5 heteroatoms. The Kier molecular flexibility index (Phi) is 3.43. The summed E-state index contributed by atoms with van der Waals surface area (Å²) in [6, 6.07) is 6.91. The summed E-state index contributed by atoms with van der Waals surface area (Å²) in [6.45, 7) is 1.86. The lowest BCUT2D eigenvalue weighted by atomic mass is 10.1. The lowest BCUT2D eigenvalue weighted by Crippen LogP contribution is -2.04. The molecular formula is C13H9BrF3N. The molecule has 1 aromatic carbocycles. The van der Waals surface area contributed by atoms with E-state index in [0.29, 0.717) is 11.3 Å². The van der Waals surface area contributed by atoms with Gasteiger partial charge in [-0.2, -0.15) is 13.2 Å². The van der Waals surface area contributed by atoms with Crippen molar-refractivity contribution in [3.8, 4) is 11.3 Å². The lowest BCUT2D eigenvalue weighted by Gasteiger charge is -2.09. The van der Waals surface area contributed by atoms with Crippen molar-refractivity contribution in [1.29, 1.82) is 0 Å². The zero-order valence-corrected chi connectivity index (χ0v) is 11.0. The van der Waals surface area contributed by atoms with Crippen molar-refractivity contribution in [2.75, 3.05) is 0 Å². The molecule has 0 atom stereocenters. The van der Waals surface area contributed by atoms with Gasteiger partial charge in [-0.1, -0.05) is 12.1 Å². The number of hydrogen-bond donors (Lipinski definition) is 0. The van der Waals surface area contributed by atoms with E-state index in [1.54, 1.807) is 18.3 Å². The molecule has 0 spiro atoms. The Balaban J connectivity index is 2.48. The van der Waals surface area contributed by atoms with Gasteiger partial charge in [-0.05, 0) is 46.6 Å². The molecular weight excluding hydrogens is 307 g/mol. The van der Waals surface area contributed by atoms with Gasteiger partial charge in [0.2, 0.25) is 0 Å². The molecule has 0 radical (unpaired) electrons. The van der Waals surface area contributed by atoms with E-state index in [-0.39, 0.29) is 0 Å². The smallest absolute Gasteiger partial charge is 0.255 e. The third-order valence-electron chi connectivity index (χ3n) is 2.53. The maximum atomic E-state index is 12.6. The van der Waals surface area contributed by atoms with Gasteiger partial charge < -0.3 is 0 Å². The molecule has 0 unspecified atom stereocenters. The number of rotatable bonds is 1. The number of halogens is 4. The van der Waals surface area contributed by atoms with Crippen molar-refractivity contribution >= 4 is 15.9 Å². The summed E-state index contributed by atoms with van der Waals surface area (Å²) in [7, 11) is 0. The van der Waals surface area contributed by atoms with Crippen LogP contribution < -0.4 is 0 Å². The highest BCUT2D eigenvalue weighted by atomic mass is 79.9. The second-order valence-corrected chi connectivity index (χ2v) is 4.75. The zero-order valence-electron chi connectivity index (χ0n) is 9.42. The van der Waals surface area contributed by atoms with Crippen LogP contribution in [0.4, 0.5) is 13.2 Å². The highest BCUT2D eigenvalue weighted by Crippen LogP contribution is 2.32. The van der Waals surface area contributed by atoms with Gasteiger partial charge in [0.25, 0.3) is 0 Å². The first-order chi connectivity index (χ1) is 8.38. The Morgan fingerprint density at radius 1 is 1.17 bits per heavy atom. The van der Waals surface area contributed by atoms with Gasteiger partial charge in [0.15, 0.2) is 0 Å². The summed E-state index contributed by atoms with van der Waals surface area (Å²) >= 11 is 3.31. The highest BCUT2D eigenvalue weighted by molar-refractivity contribution is 9.10. The molecule has 1 heterocycles. The summed E-state index contributed by atoms with van der Waals surface area (Å²) in [5, 5.41) is 0. The average molecular weight is 316 g/mol. The van der Waals surface area contributed by atoms with Gasteiger partial charge in [0, 0.05) is 16.2 Å². The van der Waals surface area contributed by atoms with Crippen LogP contribution in [0.25, 0.3) is 11.3 Å². The molecule has 0 aliphatic carbocycles. The van der Waals surface area contributed by atoms with Crippen LogP contribution in [0, 0.1) is 6.92 Å². The molecule has 0 saturated heterocycles. The molecule has 2 rings (SSSR count). The Bertz CT molecular complexity index is 579. The minimum absolute atomic E-state index is 0.459. The van der Waals surface area contributed by atoms with Crippen molar-refractivity contribution in [1.82, 2.24) is 4.98 Å². The summed E-state index contributed by atoms with van der Waals surface area (Å²) < 4.78 is 38.6. The summed E-state index contributed by atoms with van der Waals surface area (Å²) in [4.78, 5) is 4.12. The Hall–Kier alpha value is -1.36. The Labute approximate surface area is 111 Å². The highest BCUT2D eigenvalue weighted by Gasteiger charge is 2.30. The minimum Gasteiger partial charge on any atom is -0.255 e. The van der Waals surface area contributed by atoms with Gasteiger partial charge >= 0.3 is 6.18 Å². The molecule has 0 amide bonds. The predicted molar refractivity (Wildman–Crippen MR) is 67.1 cm³/mol. The predicted octanol–water partition coefficient (Wildman–Crippen LogP) is 4.84. The number of hydrogen-bond acceptors (Lipinski definition) is 1. The molecule has 0 saturated carbocycles. The summed E-state index contributed by atoms with van der Waals surface area (Å²) in [6.07, 6.45) is -2.74. The molecule has 2 aromatic rings. The van der Waals surface area contributed by atoms with Crippen LogP contribution >= 0.6 is 15.9 Å². The molecule has 18 heavy (non-hydrogen) atoms. The van der Waals surface area contributed by atoms with Crippen molar-refractivity contribution in [3.63, 3.8) is 0 Å². The van der Waals surface area contributed by atoms with E-state index in [9.17, 15) is 13.2 Å². The van der Waals surface area contributed by atoms with Crippen LogP contribution in [0.15, 0.2) is 41.0 Å². The Morgan fingerprint density at radius 3 is 2.50 bits per heavy atom. The fourth-order valence-electron chi connectivity index (χ4n) is 1.55. The van der Waals surface area contributed by atoms with Crippen LogP contribution in [0.2, 0.25) is 0 Å². The third kappa shape index (κ3) is 2.72. The van der Waals surface area contributed by atoms with Crippen molar-refractivity contribution < 1.29 is 13.2 Å². The molecule has 94 valence electrons. The third-order valence-corrected chi connectivity index (χ3v) is 3.36. The van der Waals surface area contributed by atoms with Gasteiger partial charge in [-0.25, -0.2) is 0 Å². The largest absolute Gasteiger partial charge is 0.416 e. The normalized spacial score (nSPS) is 11.6. The minimum atomic E-state index is -4.33. The number of aryl methyl sites for hydroxylation is 1. The van der Waals surface area contributed by atoms with E-state index in [2.05, 4.69) is 20.9 Å². The van der Waals surface area contributed by atoms with Crippen LogP contribution in [-0.4, -0.2) is 4.98 Å². The number of pyridine rings is 1. The number of nitrogens with zero attached hydrogens (tertiary/aromatic N) is 1. The Morgan fingerprint density at radius 2 is 1.89 bits per heavy atom. The van der Waals surface area contributed by atoms with E-state index in [1.807, 2.05) is 6.92 Å². The first kappa shape index (κ1) is 13.1. The molecule has 1 nitrogen and oxygen atoms in total. The molecule has 0 aliphatic rings. The van der Waals surface area contributed by atoms with E-state index in [4.69, 9.17) is 0 Å². The van der Waals surface area contributed by atoms with Crippen molar-refractivity contribution in [3.05, 3.63) is 52.1 Å². The first-order valence-electron chi connectivity index (χ1n) is 5.18. The van der Waals surface area contributed by atoms with Gasteiger partial charge in [0.1, 0.15) is 0 Å². The van der Waals surface area contributed by atoms with E-state index >= 15 is 0 Å². The number of aromatic nitrogens is 1. The standard InChI is InChI=1S/C13H9BrF3N/c1-8-5-12(18-7-11(8)14)9-3-2-4-10(6-9)13(15,16)17/h2-7H,1H3. The second-order valence-electron chi connectivity index (χ2n) is 3.90. The van der Waals surface area contributed by atoms with Crippen LogP contribution in [0.5, 0.6) is 0 Å². The van der Waals surface area contributed by atoms with E-state index < -0.39 is 11.7 Å². The van der Waals surface area contributed by atoms with Gasteiger partial charge in [0.05, 0.1) is 11.3 Å². The molecule has 0 N–H and O–H groups in total. The first-order valence-corrected chi connectivity index (χ1v) is 5.97. The summed E-state index contributed by atoms with van der Waals surface area (Å²) in [5.41, 5.74) is 1.25. The van der Waals surface area contributed by atoms with E-state index in [0.717, 1.165) is 22.2 Å². The lowest BCUT2D eigenvalue weighted by molar-refractivity contribution is -0.137. The molecule has 0 bridgehead atoms. The fraction of sp³-hybridized carbons (Fsp3) is 0.154. The van der Waals surface area contributed by atoms with Gasteiger partial charge in [-0.3, -0.25) is 4.98 Å². The second kappa shape index (κ2) is 4.72. The quantitative estimate of drug-likeness (QED) is 0.734. The van der Waals surface area contributed by atoms with Crippen LogP contribution in [0.1, 0.15) is 11.1 Å². The van der Waals surface area contributed by atoms with Crippen LogP contribution in [-0.2, 0) is 6.18 Å². The topological polar surface area (TPSA) is 12.9 Å². The molecule has 1 aromatic heterocycles. The van der Waals surface area contributed by atoms with Crippen molar-refractivity contribution in [2.45, 2.75) is 13.1 Å². The van der Waals surface area contributed by atoms with Crippen LogP contribution in [0.3, 0.4) is 0 Å². The monoisotopic (exact) mass is 315 g/mol. The zero-order chi connectivity index (χ0) is 13.3. The van der Waals surface area contributed by atoms with Gasteiger partial charge in [-0.15, -0.1) is 0 Å². The number of benzene rings is 1. The fourth-order valence-corrected chi connectivity index (χ4v) is 1.77. The maximum absolute atomic E-state index is 12.6. The number of alkyl halides is 3. The van der Waals surface area contributed by atoms with Crippen molar-refractivity contribution in [2.24, 2.45) is 0 Å². The molecule has 0 aliphatic heterocycles.